The molecule has 26 heavy (non-hydrogen) atoms. The number of carbonyl (C=O) groups excluding carboxylic acids is 1. The van der Waals surface area contributed by atoms with Crippen molar-refractivity contribution in [3.63, 3.8) is 0 Å². The lowest BCUT2D eigenvalue weighted by molar-refractivity contribution is 0.0948. The zero-order chi connectivity index (χ0) is 18.5. The summed E-state index contributed by atoms with van der Waals surface area (Å²) in [6.45, 7) is 2.37. The van der Waals surface area contributed by atoms with Gasteiger partial charge in [0.05, 0.1) is 23.5 Å². The van der Waals surface area contributed by atoms with E-state index in [0.29, 0.717) is 24.4 Å². The summed E-state index contributed by atoms with van der Waals surface area (Å²) < 4.78 is 5.12. The minimum absolute atomic E-state index is 0.172. The molecule has 2 heterocycles. The minimum atomic E-state index is -0.571. The van der Waals surface area contributed by atoms with Gasteiger partial charge in [0.15, 0.2) is 0 Å². The molecule has 0 aliphatic heterocycles. The average Bonchev–Trinajstić information content (AvgIpc) is 3.06. The molecule has 1 aromatic carbocycles. The smallest absolute Gasteiger partial charge is 0.346 e. The molecular formula is C18H18N4O3S. The Morgan fingerprint density at radius 2 is 2.04 bits per heavy atom. The topological polar surface area (TPSA) is 97.0 Å². The summed E-state index contributed by atoms with van der Waals surface area (Å²) in [5.74, 6) is 0.347. The van der Waals surface area contributed by atoms with E-state index in [1.807, 2.05) is 12.3 Å². The second-order valence-electron chi connectivity index (χ2n) is 5.58. The van der Waals surface area contributed by atoms with Crippen LogP contribution in [0.2, 0.25) is 0 Å². The third-order valence-corrected chi connectivity index (χ3v) is 4.53. The molecule has 134 valence electrons. The molecule has 2 N–H and O–H groups in total. The molecule has 2 aromatic heterocycles. The Bertz CT molecular complexity index is 963. The SMILES string of the molecule is COc1ccc(-c2cc(C(=O)NCCc3csc(C)n3)[nH]c(=O)n2)cc1. The summed E-state index contributed by atoms with van der Waals surface area (Å²) in [4.78, 5) is 34.9. The highest BCUT2D eigenvalue weighted by Gasteiger charge is 2.11. The fourth-order valence-corrected chi connectivity index (χ4v) is 3.06. The Kier molecular flexibility index (Phi) is 5.43. The van der Waals surface area contributed by atoms with Crippen LogP contribution in [0.5, 0.6) is 5.75 Å². The fraction of sp³-hybridized carbons (Fsp3) is 0.222. The maximum Gasteiger partial charge on any atom is 0.346 e. The van der Waals surface area contributed by atoms with Gasteiger partial charge in [-0.25, -0.2) is 9.78 Å². The molecular weight excluding hydrogens is 352 g/mol. The van der Waals surface area contributed by atoms with Crippen LogP contribution in [0.25, 0.3) is 11.3 Å². The van der Waals surface area contributed by atoms with E-state index in [1.54, 1.807) is 48.8 Å². The van der Waals surface area contributed by atoms with Gasteiger partial charge in [-0.1, -0.05) is 0 Å². The molecule has 7 nitrogen and oxygen atoms in total. The molecule has 0 spiro atoms. The van der Waals surface area contributed by atoms with Gasteiger partial charge in [0.2, 0.25) is 0 Å². The molecule has 0 aliphatic carbocycles. The van der Waals surface area contributed by atoms with Crippen LogP contribution < -0.4 is 15.7 Å². The van der Waals surface area contributed by atoms with Crippen molar-refractivity contribution in [2.75, 3.05) is 13.7 Å². The molecule has 0 radical (unpaired) electrons. The maximum atomic E-state index is 12.3. The van der Waals surface area contributed by atoms with E-state index in [-0.39, 0.29) is 11.6 Å². The van der Waals surface area contributed by atoms with Crippen molar-refractivity contribution < 1.29 is 9.53 Å². The zero-order valence-electron chi connectivity index (χ0n) is 14.4. The monoisotopic (exact) mass is 370 g/mol. The number of aromatic amines is 1. The van der Waals surface area contributed by atoms with Gasteiger partial charge < -0.3 is 15.0 Å². The number of H-pyrrole nitrogens is 1. The van der Waals surface area contributed by atoms with Crippen molar-refractivity contribution in [2.45, 2.75) is 13.3 Å². The van der Waals surface area contributed by atoms with Crippen molar-refractivity contribution in [3.8, 4) is 17.0 Å². The molecule has 0 saturated heterocycles. The normalized spacial score (nSPS) is 10.5. The van der Waals surface area contributed by atoms with E-state index in [9.17, 15) is 9.59 Å². The standard InChI is InChI=1S/C18H18N4O3S/c1-11-20-13(10-26-11)7-8-19-17(23)16-9-15(21-18(24)22-16)12-3-5-14(25-2)6-4-12/h3-6,9-10H,7-8H2,1-2H3,(H,19,23)(H,21,22,24). The Morgan fingerprint density at radius 1 is 1.27 bits per heavy atom. The largest absolute Gasteiger partial charge is 0.497 e. The first-order valence-electron chi connectivity index (χ1n) is 8.00. The summed E-state index contributed by atoms with van der Waals surface area (Å²) in [7, 11) is 1.58. The van der Waals surface area contributed by atoms with Gasteiger partial charge >= 0.3 is 5.69 Å². The van der Waals surface area contributed by atoms with Gasteiger partial charge in [-0.15, -0.1) is 11.3 Å². The molecule has 0 aliphatic rings. The highest BCUT2D eigenvalue weighted by atomic mass is 32.1. The van der Waals surface area contributed by atoms with Crippen molar-refractivity contribution in [1.29, 1.82) is 0 Å². The van der Waals surface area contributed by atoms with E-state index in [2.05, 4.69) is 20.3 Å². The number of hydrogen-bond acceptors (Lipinski definition) is 6. The van der Waals surface area contributed by atoms with Crippen LogP contribution >= 0.6 is 11.3 Å². The predicted molar refractivity (Wildman–Crippen MR) is 99.7 cm³/mol. The molecule has 3 aromatic rings. The van der Waals surface area contributed by atoms with E-state index < -0.39 is 5.69 Å². The van der Waals surface area contributed by atoms with Gasteiger partial charge in [0.1, 0.15) is 11.4 Å². The number of nitrogens with one attached hydrogen (secondary N) is 2. The summed E-state index contributed by atoms with van der Waals surface area (Å²) in [6.07, 6.45) is 0.636. The summed E-state index contributed by atoms with van der Waals surface area (Å²) >= 11 is 1.58. The highest BCUT2D eigenvalue weighted by molar-refractivity contribution is 7.09. The van der Waals surface area contributed by atoms with E-state index in [1.165, 1.54) is 0 Å². The Morgan fingerprint density at radius 3 is 2.69 bits per heavy atom. The van der Waals surface area contributed by atoms with Gasteiger partial charge in [-0.05, 0) is 37.3 Å². The number of carbonyl (C=O) groups is 1. The predicted octanol–water partition coefficient (Wildman–Crippen LogP) is 2.18. The quantitative estimate of drug-likeness (QED) is 0.693. The van der Waals surface area contributed by atoms with Crippen LogP contribution in [0.1, 0.15) is 21.2 Å². The first-order valence-corrected chi connectivity index (χ1v) is 8.88. The maximum absolute atomic E-state index is 12.3. The molecule has 0 atom stereocenters. The third kappa shape index (κ3) is 4.34. The van der Waals surface area contributed by atoms with Crippen molar-refractivity contribution in [3.05, 3.63) is 62.6 Å². The number of rotatable bonds is 6. The number of ether oxygens (including phenoxy) is 1. The number of aromatic nitrogens is 3. The van der Waals surface area contributed by atoms with Gasteiger partial charge in [-0.3, -0.25) is 4.79 Å². The Hall–Kier alpha value is -3.00. The minimum Gasteiger partial charge on any atom is -0.497 e. The first-order chi connectivity index (χ1) is 12.5. The number of aryl methyl sites for hydroxylation is 1. The Balaban J connectivity index is 1.71. The van der Waals surface area contributed by atoms with E-state index >= 15 is 0 Å². The molecule has 1 amide bonds. The van der Waals surface area contributed by atoms with Crippen LogP contribution in [0.15, 0.2) is 40.5 Å². The number of amides is 1. The number of methoxy groups -OCH3 is 1. The van der Waals surface area contributed by atoms with Crippen molar-refractivity contribution >= 4 is 17.2 Å². The fourth-order valence-electron chi connectivity index (χ4n) is 2.41. The van der Waals surface area contributed by atoms with Crippen LogP contribution in [0.4, 0.5) is 0 Å². The third-order valence-electron chi connectivity index (χ3n) is 3.71. The lowest BCUT2D eigenvalue weighted by Gasteiger charge is -2.06. The van der Waals surface area contributed by atoms with E-state index in [0.717, 1.165) is 16.3 Å². The average molecular weight is 370 g/mol. The molecule has 3 rings (SSSR count). The summed E-state index contributed by atoms with van der Waals surface area (Å²) in [5, 5.41) is 5.75. The van der Waals surface area contributed by atoms with Crippen LogP contribution in [0.3, 0.4) is 0 Å². The second kappa shape index (κ2) is 7.92. The lowest BCUT2D eigenvalue weighted by Crippen LogP contribution is -2.29. The zero-order valence-corrected chi connectivity index (χ0v) is 15.2. The number of thiazole rings is 1. The summed E-state index contributed by atoms with van der Waals surface area (Å²) in [5.41, 5.74) is 1.69. The highest BCUT2D eigenvalue weighted by Crippen LogP contribution is 2.20. The van der Waals surface area contributed by atoms with Crippen LogP contribution in [0, 0.1) is 6.92 Å². The van der Waals surface area contributed by atoms with Gasteiger partial charge in [0, 0.05) is 23.9 Å². The number of nitrogens with zero attached hydrogens (tertiary/aromatic N) is 2. The molecule has 0 unspecified atom stereocenters. The van der Waals surface area contributed by atoms with Crippen molar-refractivity contribution in [1.82, 2.24) is 20.3 Å². The first kappa shape index (κ1) is 17.8. The number of benzene rings is 1. The van der Waals surface area contributed by atoms with Crippen LogP contribution in [-0.4, -0.2) is 34.5 Å². The molecule has 0 saturated carbocycles. The Labute approximate surface area is 154 Å². The number of hydrogen-bond donors (Lipinski definition) is 2. The molecule has 0 fully saturated rings. The van der Waals surface area contributed by atoms with Crippen LogP contribution in [-0.2, 0) is 6.42 Å². The summed E-state index contributed by atoms with van der Waals surface area (Å²) in [6, 6.07) is 8.67. The molecule has 0 bridgehead atoms. The lowest BCUT2D eigenvalue weighted by atomic mass is 10.1. The van der Waals surface area contributed by atoms with Crippen molar-refractivity contribution in [2.24, 2.45) is 0 Å². The molecule has 8 heteroatoms. The second-order valence-corrected chi connectivity index (χ2v) is 6.64. The van der Waals surface area contributed by atoms with E-state index in [4.69, 9.17) is 4.74 Å². The van der Waals surface area contributed by atoms with Gasteiger partial charge in [0.25, 0.3) is 5.91 Å². The van der Waals surface area contributed by atoms with Gasteiger partial charge in [-0.2, -0.15) is 4.98 Å².